The second-order valence-corrected chi connectivity index (χ2v) is 8.62. The zero-order valence-electron chi connectivity index (χ0n) is 16.9. The van der Waals surface area contributed by atoms with Crippen molar-refractivity contribution in [2.45, 2.75) is 63.8 Å². The third-order valence-corrected chi connectivity index (χ3v) is 5.93. The Hall–Kier alpha value is -2.24. The molecule has 1 saturated carbocycles. The molecule has 1 atom stereocenters. The summed E-state index contributed by atoms with van der Waals surface area (Å²) in [6.07, 6.45) is 3.39. The maximum absolute atomic E-state index is 14.0. The summed E-state index contributed by atoms with van der Waals surface area (Å²) in [6, 6.07) is 5.69. The molecule has 5 nitrogen and oxygen atoms in total. The molecule has 1 heterocycles. The molecule has 1 aromatic rings. The highest BCUT2D eigenvalue weighted by Gasteiger charge is 2.55. The van der Waals surface area contributed by atoms with Gasteiger partial charge in [0.1, 0.15) is 5.82 Å². The van der Waals surface area contributed by atoms with Crippen LogP contribution in [0, 0.1) is 11.7 Å². The van der Waals surface area contributed by atoms with Crippen molar-refractivity contribution in [1.82, 2.24) is 9.80 Å². The molecule has 6 heteroatoms. The first-order valence-electron chi connectivity index (χ1n) is 10.1. The van der Waals surface area contributed by atoms with E-state index in [1.807, 2.05) is 13.8 Å². The van der Waals surface area contributed by atoms with E-state index in [2.05, 4.69) is 0 Å². The van der Waals surface area contributed by atoms with Crippen LogP contribution in [0.2, 0.25) is 0 Å². The van der Waals surface area contributed by atoms with Crippen molar-refractivity contribution in [2.24, 2.45) is 5.92 Å². The van der Waals surface area contributed by atoms with Crippen LogP contribution in [-0.2, 0) is 19.8 Å². The highest BCUT2D eigenvalue weighted by Crippen LogP contribution is 2.43. The molecule has 1 aliphatic carbocycles. The normalized spacial score (nSPS) is 23.1. The number of rotatable bonds is 6. The molecule has 1 saturated heterocycles. The summed E-state index contributed by atoms with van der Waals surface area (Å²) in [5, 5.41) is 0. The van der Waals surface area contributed by atoms with E-state index in [4.69, 9.17) is 0 Å². The van der Waals surface area contributed by atoms with E-state index < -0.39 is 11.2 Å². The lowest BCUT2D eigenvalue weighted by atomic mass is 9.75. The van der Waals surface area contributed by atoms with Crippen molar-refractivity contribution in [3.63, 3.8) is 0 Å². The first-order chi connectivity index (χ1) is 13.2. The summed E-state index contributed by atoms with van der Waals surface area (Å²) in [6.45, 7) is 4.59. The maximum atomic E-state index is 14.0. The Bertz CT molecular complexity index is 773. The average Bonchev–Trinajstić information content (AvgIpc) is 3.21. The molecular formula is C22H29FN2O3. The molecule has 0 radical (unpaired) electrons. The van der Waals surface area contributed by atoms with E-state index in [-0.39, 0.29) is 42.5 Å². The fourth-order valence-corrected chi connectivity index (χ4v) is 4.59. The van der Waals surface area contributed by atoms with Crippen LogP contribution in [0.15, 0.2) is 24.3 Å². The third-order valence-electron chi connectivity index (χ3n) is 5.93. The van der Waals surface area contributed by atoms with E-state index in [0.29, 0.717) is 12.1 Å². The molecule has 28 heavy (non-hydrogen) atoms. The first kappa shape index (κ1) is 20.5. The van der Waals surface area contributed by atoms with Gasteiger partial charge in [0.15, 0.2) is 0 Å². The number of nitrogens with zero attached hydrogens (tertiary/aromatic N) is 2. The van der Waals surface area contributed by atoms with Crippen LogP contribution in [0.1, 0.15) is 57.9 Å². The monoisotopic (exact) mass is 388 g/mol. The lowest BCUT2D eigenvalue weighted by Crippen LogP contribution is -2.45. The highest BCUT2D eigenvalue weighted by molar-refractivity contribution is 6.11. The third kappa shape index (κ3) is 3.82. The lowest BCUT2D eigenvalue weighted by Gasteiger charge is -2.31. The fraction of sp³-hybridized carbons (Fsp3) is 0.591. The van der Waals surface area contributed by atoms with Crippen LogP contribution in [0.3, 0.4) is 0 Å². The molecule has 2 fully saturated rings. The van der Waals surface area contributed by atoms with E-state index in [1.54, 1.807) is 18.0 Å². The van der Waals surface area contributed by atoms with Gasteiger partial charge in [-0.2, -0.15) is 0 Å². The Morgan fingerprint density at radius 2 is 1.96 bits per heavy atom. The summed E-state index contributed by atoms with van der Waals surface area (Å²) >= 11 is 0. The van der Waals surface area contributed by atoms with Crippen molar-refractivity contribution in [3.05, 3.63) is 35.6 Å². The van der Waals surface area contributed by atoms with Gasteiger partial charge in [0.2, 0.25) is 17.7 Å². The van der Waals surface area contributed by atoms with Gasteiger partial charge in [-0.3, -0.25) is 19.3 Å². The van der Waals surface area contributed by atoms with Gasteiger partial charge >= 0.3 is 0 Å². The van der Waals surface area contributed by atoms with Crippen LogP contribution in [0.5, 0.6) is 0 Å². The van der Waals surface area contributed by atoms with Gasteiger partial charge in [-0.1, -0.05) is 38.8 Å². The second kappa shape index (κ2) is 8.02. The van der Waals surface area contributed by atoms with Crippen molar-refractivity contribution in [3.8, 4) is 0 Å². The Morgan fingerprint density at radius 3 is 2.57 bits per heavy atom. The van der Waals surface area contributed by atoms with E-state index in [0.717, 1.165) is 25.7 Å². The lowest BCUT2D eigenvalue weighted by molar-refractivity contribution is -0.144. The number of amides is 3. The number of hydrogen-bond acceptors (Lipinski definition) is 3. The quantitative estimate of drug-likeness (QED) is 0.703. The molecule has 0 bridgehead atoms. The summed E-state index contributed by atoms with van der Waals surface area (Å²) in [5.74, 6) is -0.983. The molecule has 3 rings (SSSR count). The molecule has 1 unspecified atom stereocenters. The predicted molar refractivity (Wildman–Crippen MR) is 104 cm³/mol. The smallest absolute Gasteiger partial charge is 0.241 e. The van der Waals surface area contributed by atoms with Gasteiger partial charge in [-0.15, -0.1) is 0 Å². The van der Waals surface area contributed by atoms with Crippen molar-refractivity contribution in [1.29, 1.82) is 0 Å². The Labute approximate surface area is 165 Å². The summed E-state index contributed by atoms with van der Waals surface area (Å²) in [7, 11) is 1.71. The molecule has 0 N–H and O–H groups in total. The zero-order valence-corrected chi connectivity index (χ0v) is 16.9. The fourth-order valence-electron chi connectivity index (χ4n) is 4.59. The zero-order chi connectivity index (χ0) is 20.5. The summed E-state index contributed by atoms with van der Waals surface area (Å²) in [5.41, 5.74) is -0.901. The Balaban J connectivity index is 1.97. The van der Waals surface area contributed by atoms with Gasteiger partial charge < -0.3 is 4.90 Å². The average molecular weight is 388 g/mol. The molecule has 1 aliphatic heterocycles. The minimum Gasteiger partial charge on any atom is -0.345 e. The summed E-state index contributed by atoms with van der Waals surface area (Å²) in [4.78, 5) is 42.3. The molecule has 0 aromatic heterocycles. The van der Waals surface area contributed by atoms with Crippen LogP contribution in [0.4, 0.5) is 4.39 Å². The van der Waals surface area contributed by atoms with Crippen LogP contribution in [0.25, 0.3) is 0 Å². The van der Waals surface area contributed by atoms with Crippen molar-refractivity contribution in [2.75, 3.05) is 13.6 Å². The molecule has 152 valence electrons. The topological polar surface area (TPSA) is 57.7 Å². The number of carbonyl (C=O) groups excluding carboxylic acids is 3. The van der Waals surface area contributed by atoms with Gasteiger partial charge in [0.25, 0.3) is 0 Å². The summed E-state index contributed by atoms with van der Waals surface area (Å²) < 4.78 is 14.0. The van der Waals surface area contributed by atoms with E-state index >= 15 is 0 Å². The molecule has 1 aromatic carbocycles. The number of imide groups is 1. The van der Waals surface area contributed by atoms with Gasteiger partial charge in [-0.25, -0.2) is 4.39 Å². The van der Waals surface area contributed by atoms with Gasteiger partial charge in [0.05, 0.1) is 5.41 Å². The number of benzene rings is 1. The maximum Gasteiger partial charge on any atom is 0.241 e. The molecule has 0 spiro atoms. The van der Waals surface area contributed by atoms with E-state index in [1.165, 1.54) is 23.1 Å². The van der Waals surface area contributed by atoms with Crippen molar-refractivity contribution < 1.29 is 18.8 Å². The number of likely N-dealkylation sites (tertiary alicyclic amines) is 1. The van der Waals surface area contributed by atoms with Gasteiger partial charge in [-0.05, 0) is 36.5 Å². The van der Waals surface area contributed by atoms with Crippen LogP contribution < -0.4 is 0 Å². The number of hydrogen-bond donors (Lipinski definition) is 0. The minimum atomic E-state index is -1.32. The Kier molecular flexibility index (Phi) is 5.87. The SMILES string of the molecule is CC(C)CN(C)C(=O)CC1(c2cccc(F)c2)CC(=O)N(C2CCCC2)C1=O. The minimum absolute atomic E-state index is 0.0763. The molecule has 3 amide bonds. The second-order valence-electron chi connectivity index (χ2n) is 8.62. The van der Waals surface area contributed by atoms with Gasteiger partial charge in [0, 0.05) is 32.5 Å². The van der Waals surface area contributed by atoms with Crippen LogP contribution >= 0.6 is 0 Å². The Morgan fingerprint density at radius 1 is 1.29 bits per heavy atom. The van der Waals surface area contributed by atoms with E-state index in [9.17, 15) is 18.8 Å². The first-order valence-corrected chi connectivity index (χ1v) is 10.1. The standard InChI is InChI=1S/C22H29FN2O3/c1-15(2)14-24(3)19(26)12-22(16-7-6-8-17(23)11-16)13-20(27)25(21(22)28)18-9-4-5-10-18/h6-8,11,15,18H,4-5,9-10,12-14H2,1-3H3. The largest absolute Gasteiger partial charge is 0.345 e. The molecule has 2 aliphatic rings. The predicted octanol–water partition coefficient (Wildman–Crippen LogP) is 3.27. The highest BCUT2D eigenvalue weighted by atomic mass is 19.1. The number of carbonyl (C=O) groups is 3. The van der Waals surface area contributed by atoms with Crippen LogP contribution in [-0.4, -0.2) is 47.2 Å². The van der Waals surface area contributed by atoms with Crippen molar-refractivity contribution >= 4 is 17.7 Å². The molecular weight excluding hydrogens is 359 g/mol. The number of halogens is 1.